The van der Waals surface area contributed by atoms with E-state index in [1.54, 1.807) is 0 Å². The highest BCUT2D eigenvalue weighted by atomic mass is 16.3. The maximum absolute atomic E-state index is 6.78. The van der Waals surface area contributed by atoms with E-state index in [-0.39, 0.29) is 0 Å². The average molecular weight is 1180 g/mol. The fourth-order valence-corrected chi connectivity index (χ4v) is 14.7. The van der Waals surface area contributed by atoms with E-state index in [0.717, 1.165) is 111 Å². The first kappa shape index (κ1) is 51.3. The summed E-state index contributed by atoms with van der Waals surface area (Å²) in [4.78, 5) is 26.1. The Labute approximate surface area is 531 Å². The van der Waals surface area contributed by atoms with Gasteiger partial charge in [-0.1, -0.05) is 243 Å². The molecule has 0 saturated heterocycles. The van der Waals surface area contributed by atoms with Gasteiger partial charge in [-0.3, -0.25) is 0 Å². The van der Waals surface area contributed by atoms with Crippen LogP contribution in [0.5, 0.6) is 0 Å². The number of nitrogens with zero attached hydrogens (tertiary/aromatic N) is 7. The zero-order valence-electron chi connectivity index (χ0n) is 49.8. The summed E-state index contributed by atoms with van der Waals surface area (Å²) in [5, 5.41) is 11.9. The van der Waals surface area contributed by atoms with Crippen molar-refractivity contribution in [3.8, 4) is 101 Å². The molecule has 8 nitrogen and oxygen atoms in total. The lowest BCUT2D eigenvalue weighted by atomic mass is 9.97. The van der Waals surface area contributed by atoms with Crippen molar-refractivity contribution >= 4 is 98.1 Å². The van der Waals surface area contributed by atoms with Crippen molar-refractivity contribution in [2.24, 2.45) is 0 Å². The third kappa shape index (κ3) is 7.95. The number of aromatic nitrogens is 7. The van der Waals surface area contributed by atoms with Crippen molar-refractivity contribution < 1.29 is 4.42 Å². The van der Waals surface area contributed by atoms with E-state index in [1.807, 2.05) is 30.3 Å². The standard InChI is InChI=1S/C85H49N7O/c1-4-15-50(16-5-1)51-29-33-54(34-30-51)72-49-71(53-17-6-2-7-18-53)86-84(87-72)59-38-41-64-67-25-13-26-68-70-45-57(40-44-74(70)92(81(67)68)76(64)46-59)58-37-43-69-78(48-58)93-77-28-14-22-61(79(69)77)52-31-35-56(36-32-52)83-88-82(55-19-8-3-9-20-55)89-85(90-83)60-39-42-63-66-24-12-23-65-62-21-10-11-27-73(62)91(80(65)66)75(63)47-60/h1-49H. The second-order valence-electron chi connectivity index (χ2n) is 24.3. The minimum Gasteiger partial charge on any atom is -0.456 e. The smallest absolute Gasteiger partial charge is 0.164 e. The van der Waals surface area contributed by atoms with E-state index in [1.165, 1.54) is 65.2 Å². The molecule has 0 bridgehead atoms. The largest absolute Gasteiger partial charge is 0.456 e. The molecule has 0 radical (unpaired) electrons. The van der Waals surface area contributed by atoms with Crippen LogP contribution in [-0.4, -0.2) is 33.7 Å². The Morgan fingerprint density at radius 3 is 1.27 bits per heavy atom. The van der Waals surface area contributed by atoms with Gasteiger partial charge in [-0.2, -0.15) is 0 Å². The molecule has 8 heteroatoms. The molecule has 13 aromatic carbocycles. The molecule has 93 heavy (non-hydrogen) atoms. The molecule has 0 atom stereocenters. The van der Waals surface area contributed by atoms with Crippen LogP contribution in [0, 0.1) is 0 Å². The molecule has 0 N–H and O–H groups in total. The van der Waals surface area contributed by atoms with Gasteiger partial charge >= 0.3 is 0 Å². The Bertz CT molecular complexity index is 6390. The van der Waals surface area contributed by atoms with Gasteiger partial charge in [0.2, 0.25) is 0 Å². The van der Waals surface area contributed by atoms with Gasteiger partial charge < -0.3 is 13.2 Å². The van der Waals surface area contributed by atoms with Crippen LogP contribution in [0.1, 0.15) is 0 Å². The monoisotopic (exact) mass is 1180 g/mol. The van der Waals surface area contributed by atoms with E-state index in [9.17, 15) is 0 Å². The van der Waals surface area contributed by atoms with Crippen molar-refractivity contribution in [2.75, 3.05) is 0 Å². The van der Waals surface area contributed by atoms with E-state index in [0.29, 0.717) is 23.3 Å². The van der Waals surface area contributed by atoms with Crippen LogP contribution in [0.2, 0.25) is 0 Å². The molecule has 0 aliphatic rings. The van der Waals surface area contributed by atoms with Crippen LogP contribution in [-0.2, 0) is 0 Å². The lowest BCUT2D eigenvalue weighted by molar-refractivity contribution is 0.669. The highest BCUT2D eigenvalue weighted by Crippen LogP contribution is 2.45. The van der Waals surface area contributed by atoms with Crippen LogP contribution in [0.3, 0.4) is 0 Å². The van der Waals surface area contributed by atoms with Crippen molar-refractivity contribution in [3.05, 3.63) is 297 Å². The molecule has 0 aliphatic heterocycles. The SMILES string of the molecule is c1ccc(-c2ccc(-c3cc(-c4ccccc4)nc(-c4ccc5c6cccc7c8cc(-c9ccc%10c(c9)oc9cccc(-c%11ccc(-c%12nc(-c%13ccccc%13)nc(-c%13ccc%14c%15cccc%16c%17ccccc%17n(c%14c%13)c%16%15)n%12)cc%11)c9%10)ccc8n(c5c4)c76)n3)cc2)cc1. The molecule has 0 amide bonds. The molecule has 0 saturated carbocycles. The zero-order valence-corrected chi connectivity index (χ0v) is 49.8. The molecule has 0 aliphatic carbocycles. The Morgan fingerprint density at radius 1 is 0.215 bits per heavy atom. The van der Waals surface area contributed by atoms with Crippen LogP contribution >= 0.6 is 0 Å². The van der Waals surface area contributed by atoms with E-state index < -0.39 is 0 Å². The number of fused-ring (bicyclic) bond motifs is 15. The van der Waals surface area contributed by atoms with Gasteiger partial charge in [-0.25, -0.2) is 24.9 Å². The van der Waals surface area contributed by atoms with E-state index in [4.69, 9.17) is 29.3 Å². The van der Waals surface area contributed by atoms with Crippen molar-refractivity contribution in [3.63, 3.8) is 0 Å². The molecule has 430 valence electrons. The predicted molar refractivity (Wildman–Crippen MR) is 381 cm³/mol. The Hall–Kier alpha value is -12.7. The number of rotatable bonds is 9. The minimum atomic E-state index is 0.605. The number of hydrogen-bond acceptors (Lipinski definition) is 6. The van der Waals surface area contributed by atoms with Gasteiger partial charge in [-0.15, -0.1) is 0 Å². The number of benzene rings is 13. The summed E-state index contributed by atoms with van der Waals surface area (Å²) < 4.78 is 11.6. The molecule has 20 rings (SSSR count). The summed E-state index contributed by atoms with van der Waals surface area (Å²) in [6.45, 7) is 0. The van der Waals surface area contributed by atoms with Crippen LogP contribution in [0.15, 0.2) is 302 Å². The molecule has 7 aromatic heterocycles. The summed E-state index contributed by atoms with van der Waals surface area (Å²) in [5.41, 5.74) is 22.9. The fourth-order valence-electron chi connectivity index (χ4n) is 14.7. The molecule has 20 aromatic rings. The Balaban J connectivity index is 0.643. The average Bonchev–Trinajstić information content (AvgIpc) is 1.56. The molecular weight excluding hydrogens is 1130 g/mol. The first-order valence-electron chi connectivity index (χ1n) is 31.4. The first-order chi connectivity index (χ1) is 46.1. The molecule has 7 heterocycles. The van der Waals surface area contributed by atoms with E-state index in [2.05, 4.69) is 276 Å². The van der Waals surface area contributed by atoms with Gasteiger partial charge in [0.1, 0.15) is 11.2 Å². The summed E-state index contributed by atoms with van der Waals surface area (Å²) >= 11 is 0. The van der Waals surface area contributed by atoms with Gasteiger partial charge in [0.25, 0.3) is 0 Å². The number of para-hydroxylation sites is 3. The van der Waals surface area contributed by atoms with Crippen LogP contribution < -0.4 is 0 Å². The summed E-state index contributed by atoms with van der Waals surface area (Å²) in [6, 6.07) is 106. The quantitative estimate of drug-likeness (QED) is 0.143. The third-order valence-electron chi connectivity index (χ3n) is 19.1. The van der Waals surface area contributed by atoms with Gasteiger partial charge in [0.05, 0.1) is 44.5 Å². The van der Waals surface area contributed by atoms with Crippen molar-refractivity contribution in [1.29, 1.82) is 0 Å². The lowest BCUT2D eigenvalue weighted by Gasteiger charge is -2.10. The summed E-state index contributed by atoms with van der Waals surface area (Å²) in [6.07, 6.45) is 0. The Kier molecular flexibility index (Phi) is 11.0. The van der Waals surface area contributed by atoms with Gasteiger partial charge in [-0.05, 0) is 88.0 Å². The maximum Gasteiger partial charge on any atom is 0.164 e. The second kappa shape index (κ2) is 19.9. The minimum absolute atomic E-state index is 0.605. The highest BCUT2D eigenvalue weighted by molar-refractivity contribution is 6.25. The normalized spacial score (nSPS) is 12.1. The fraction of sp³-hybridized carbons (Fsp3) is 0. The van der Waals surface area contributed by atoms with Crippen molar-refractivity contribution in [2.45, 2.75) is 0 Å². The number of hydrogen-bond donors (Lipinski definition) is 0. The summed E-state index contributed by atoms with van der Waals surface area (Å²) in [7, 11) is 0. The van der Waals surface area contributed by atoms with Gasteiger partial charge in [0, 0.05) is 87.2 Å². The molecule has 0 unspecified atom stereocenters. The predicted octanol–water partition coefficient (Wildman–Crippen LogP) is 21.9. The Morgan fingerprint density at radius 2 is 0.624 bits per heavy atom. The first-order valence-corrected chi connectivity index (χ1v) is 31.4. The second-order valence-corrected chi connectivity index (χ2v) is 24.3. The van der Waals surface area contributed by atoms with E-state index >= 15 is 0 Å². The molecule has 0 fully saturated rings. The number of furan rings is 1. The highest BCUT2D eigenvalue weighted by Gasteiger charge is 2.23. The summed E-state index contributed by atoms with van der Waals surface area (Å²) in [5.74, 6) is 2.52. The zero-order chi connectivity index (χ0) is 60.8. The molecular formula is C85H49N7O. The van der Waals surface area contributed by atoms with Crippen LogP contribution in [0.4, 0.5) is 0 Å². The van der Waals surface area contributed by atoms with Crippen LogP contribution in [0.25, 0.3) is 200 Å². The third-order valence-corrected chi connectivity index (χ3v) is 19.1. The van der Waals surface area contributed by atoms with Gasteiger partial charge in [0.15, 0.2) is 23.3 Å². The maximum atomic E-state index is 6.78. The lowest BCUT2D eigenvalue weighted by Crippen LogP contribution is -2.00. The van der Waals surface area contributed by atoms with Crippen molar-refractivity contribution in [1.82, 2.24) is 33.7 Å². The molecule has 0 spiro atoms. The topological polar surface area (TPSA) is 86.4 Å².